The van der Waals surface area contributed by atoms with Crippen LogP contribution in [-0.4, -0.2) is 18.4 Å². The maximum atomic E-state index is 12.9. The molecule has 0 fully saturated rings. The van der Waals surface area contributed by atoms with Gasteiger partial charge in [-0.25, -0.2) is 13.8 Å². The highest BCUT2D eigenvalue weighted by molar-refractivity contribution is 7.92. The first-order valence-electron chi connectivity index (χ1n) is 4.45. The van der Waals surface area contributed by atoms with Gasteiger partial charge >= 0.3 is 0 Å². The average molecular weight is 259 g/mol. The highest BCUT2D eigenvalue weighted by Gasteiger charge is 2.16. The van der Waals surface area contributed by atoms with Crippen molar-refractivity contribution in [1.82, 2.24) is 9.97 Å². The highest BCUT2D eigenvalue weighted by Crippen LogP contribution is 2.16. The molecule has 1 aromatic carbocycles. The molecule has 0 aliphatic rings. The molecule has 0 aliphatic carbocycles. The molecule has 8 heteroatoms. The summed E-state index contributed by atoms with van der Waals surface area (Å²) < 4.78 is 51.0. The van der Waals surface area contributed by atoms with Gasteiger partial charge in [-0.2, -0.15) is 8.42 Å². The maximum Gasteiger partial charge on any atom is 0.278 e. The first kappa shape index (κ1) is 11.5. The molecule has 0 amide bonds. The first-order chi connectivity index (χ1) is 7.97. The molecule has 0 atom stereocenters. The molecule has 0 bridgehead atoms. The number of halogens is 2. The van der Waals surface area contributed by atoms with E-state index in [1.54, 1.807) is 0 Å². The summed E-state index contributed by atoms with van der Waals surface area (Å²) in [6.45, 7) is 0. The van der Waals surface area contributed by atoms with Gasteiger partial charge in [-0.05, 0) is 12.1 Å². The molecule has 2 rings (SSSR count). The van der Waals surface area contributed by atoms with E-state index in [2.05, 4.69) is 9.97 Å². The number of nitrogens with zero attached hydrogens (tertiary/aromatic N) is 1. The minimum absolute atomic E-state index is 0.192. The van der Waals surface area contributed by atoms with Crippen LogP contribution in [0.3, 0.4) is 0 Å². The number of sulfonamides is 1. The lowest BCUT2D eigenvalue weighted by atomic mass is 10.3. The Kier molecular flexibility index (Phi) is 2.80. The number of imidazole rings is 1. The third-order valence-corrected chi connectivity index (χ3v) is 3.18. The molecule has 0 unspecified atom stereocenters. The van der Waals surface area contributed by atoms with Crippen molar-refractivity contribution in [3.63, 3.8) is 0 Å². The first-order valence-corrected chi connectivity index (χ1v) is 5.93. The maximum absolute atomic E-state index is 12.9. The number of hydrogen-bond donors (Lipinski definition) is 2. The van der Waals surface area contributed by atoms with Gasteiger partial charge < -0.3 is 4.98 Å². The Balaban J connectivity index is 2.33. The second kappa shape index (κ2) is 4.13. The van der Waals surface area contributed by atoms with Gasteiger partial charge in [-0.3, -0.25) is 4.72 Å². The van der Waals surface area contributed by atoms with Crippen molar-refractivity contribution in [1.29, 1.82) is 0 Å². The molecule has 0 saturated carbocycles. The van der Waals surface area contributed by atoms with Crippen LogP contribution in [0, 0.1) is 11.6 Å². The van der Waals surface area contributed by atoms with Crippen molar-refractivity contribution < 1.29 is 17.2 Å². The number of rotatable bonds is 3. The Morgan fingerprint density at radius 2 is 1.82 bits per heavy atom. The molecule has 0 aliphatic heterocycles. The number of nitrogens with one attached hydrogen (secondary N) is 2. The van der Waals surface area contributed by atoms with Gasteiger partial charge in [0.2, 0.25) is 0 Å². The number of aromatic amines is 1. The van der Waals surface area contributed by atoms with Gasteiger partial charge in [-0.15, -0.1) is 0 Å². The predicted molar refractivity (Wildman–Crippen MR) is 55.8 cm³/mol. The van der Waals surface area contributed by atoms with Gasteiger partial charge in [0.25, 0.3) is 10.0 Å². The molecule has 17 heavy (non-hydrogen) atoms. The van der Waals surface area contributed by atoms with Crippen LogP contribution in [0.25, 0.3) is 0 Å². The van der Waals surface area contributed by atoms with Crippen molar-refractivity contribution >= 4 is 15.7 Å². The summed E-state index contributed by atoms with van der Waals surface area (Å²) in [6.07, 6.45) is 2.26. The molecule has 5 nitrogen and oxygen atoms in total. The van der Waals surface area contributed by atoms with Crippen molar-refractivity contribution in [2.24, 2.45) is 0 Å². The Morgan fingerprint density at radius 3 is 2.35 bits per heavy atom. The van der Waals surface area contributed by atoms with E-state index in [9.17, 15) is 17.2 Å². The summed E-state index contributed by atoms with van der Waals surface area (Å²) in [5.41, 5.74) is -0.197. The summed E-state index contributed by atoms with van der Waals surface area (Å²) in [5, 5.41) is -0.192. The van der Waals surface area contributed by atoms with Crippen molar-refractivity contribution in [3.8, 4) is 0 Å². The minimum Gasteiger partial charge on any atom is -0.334 e. The van der Waals surface area contributed by atoms with E-state index in [4.69, 9.17) is 0 Å². The molecule has 2 N–H and O–H groups in total. The zero-order valence-corrected chi connectivity index (χ0v) is 9.13. The zero-order valence-electron chi connectivity index (χ0n) is 8.31. The van der Waals surface area contributed by atoms with Crippen LogP contribution in [0.2, 0.25) is 0 Å². The quantitative estimate of drug-likeness (QED) is 0.876. The monoisotopic (exact) mass is 259 g/mol. The van der Waals surface area contributed by atoms with E-state index in [-0.39, 0.29) is 10.7 Å². The van der Waals surface area contributed by atoms with Crippen LogP contribution in [0.1, 0.15) is 0 Å². The summed E-state index contributed by atoms with van der Waals surface area (Å²) >= 11 is 0. The van der Waals surface area contributed by atoms with Crippen LogP contribution in [-0.2, 0) is 10.0 Å². The van der Waals surface area contributed by atoms with Gasteiger partial charge in [0.1, 0.15) is 11.6 Å². The van der Waals surface area contributed by atoms with Gasteiger partial charge in [0.15, 0.2) is 5.03 Å². The highest BCUT2D eigenvalue weighted by atomic mass is 32.2. The number of hydrogen-bond acceptors (Lipinski definition) is 3. The lowest BCUT2D eigenvalue weighted by Gasteiger charge is -2.06. The lowest BCUT2D eigenvalue weighted by molar-refractivity contribution is 0.584. The fraction of sp³-hybridized carbons (Fsp3) is 0. The second-order valence-corrected chi connectivity index (χ2v) is 4.83. The lowest BCUT2D eigenvalue weighted by Crippen LogP contribution is -2.13. The third kappa shape index (κ3) is 2.59. The predicted octanol–water partition coefficient (Wildman–Crippen LogP) is 1.49. The van der Waals surface area contributed by atoms with E-state index in [1.165, 1.54) is 6.33 Å². The van der Waals surface area contributed by atoms with Gasteiger partial charge in [0.05, 0.1) is 18.2 Å². The normalized spacial score (nSPS) is 11.4. The standard InChI is InChI=1S/C9H7F2N3O2S/c10-6-1-7(11)3-8(2-6)14-17(15,16)9-4-12-5-13-9/h1-5,14H,(H,12,13). The van der Waals surface area contributed by atoms with Crippen molar-refractivity contribution in [2.45, 2.75) is 5.03 Å². The molecule has 2 aromatic rings. The van der Waals surface area contributed by atoms with Crippen LogP contribution < -0.4 is 4.72 Å². The smallest absolute Gasteiger partial charge is 0.278 e. The molecular weight excluding hydrogens is 252 g/mol. The van der Waals surface area contributed by atoms with Crippen LogP contribution >= 0.6 is 0 Å². The fourth-order valence-electron chi connectivity index (χ4n) is 1.21. The van der Waals surface area contributed by atoms with E-state index < -0.39 is 21.7 Å². The molecule has 0 radical (unpaired) electrons. The molecule has 1 aromatic heterocycles. The third-order valence-electron chi connectivity index (χ3n) is 1.88. The van der Waals surface area contributed by atoms with E-state index in [1.807, 2.05) is 4.72 Å². The minimum atomic E-state index is -3.90. The Bertz CT molecular complexity index is 605. The molecule has 0 spiro atoms. The number of benzene rings is 1. The zero-order chi connectivity index (χ0) is 12.5. The molecule has 90 valence electrons. The average Bonchev–Trinajstić information content (AvgIpc) is 2.67. The topological polar surface area (TPSA) is 74.8 Å². The van der Waals surface area contributed by atoms with E-state index in [0.29, 0.717) is 6.07 Å². The van der Waals surface area contributed by atoms with Crippen LogP contribution in [0.4, 0.5) is 14.5 Å². The number of anilines is 1. The summed E-state index contributed by atoms with van der Waals surface area (Å²) in [4.78, 5) is 5.92. The molecular formula is C9H7F2N3O2S. The largest absolute Gasteiger partial charge is 0.334 e. The summed E-state index contributed by atoms with van der Waals surface area (Å²) in [5.74, 6) is -1.74. The number of H-pyrrole nitrogens is 1. The summed E-state index contributed by atoms with van der Waals surface area (Å²) in [7, 11) is -3.90. The van der Waals surface area contributed by atoms with Crippen molar-refractivity contribution in [2.75, 3.05) is 4.72 Å². The molecule has 0 saturated heterocycles. The van der Waals surface area contributed by atoms with Crippen molar-refractivity contribution in [3.05, 3.63) is 42.4 Å². The van der Waals surface area contributed by atoms with E-state index in [0.717, 1.165) is 18.3 Å². The Morgan fingerprint density at radius 1 is 1.18 bits per heavy atom. The van der Waals surface area contributed by atoms with Crippen LogP contribution in [0.15, 0.2) is 35.7 Å². The number of aromatic nitrogens is 2. The van der Waals surface area contributed by atoms with E-state index >= 15 is 0 Å². The second-order valence-electron chi connectivity index (χ2n) is 3.18. The van der Waals surface area contributed by atoms with Gasteiger partial charge in [0, 0.05) is 6.07 Å². The molecule has 1 heterocycles. The SMILES string of the molecule is O=S(=O)(Nc1cc(F)cc(F)c1)c1cnc[nH]1. The Hall–Kier alpha value is -1.96. The van der Waals surface area contributed by atoms with Gasteiger partial charge in [-0.1, -0.05) is 0 Å². The fourth-order valence-corrected chi connectivity index (χ4v) is 2.16. The van der Waals surface area contributed by atoms with Crippen LogP contribution in [0.5, 0.6) is 0 Å². The summed E-state index contributed by atoms with van der Waals surface area (Å²) in [6, 6.07) is 2.39. The Labute approximate surface area is 95.6 Å².